The van der Waals surface area contributed by atoms with Crippen LogP contribution >= 0.6 is 0 Å². The second kappa shape index (κ2) is 8.61. The van der Waals surface area contributed by atoms with Crippen LogP contribution in [0.25, 0.3) is 0 Å². The van der Waals surface area contributed by atoms with E-state index in [9.17, 15) is 23.1 Å². The number of amides is 2. The average Bonchev–Trinajstić information content (AvgIpc) is 2.47. The van der Waals surface area contributed by atoms with Gasteiger partial charge in [0.15, 0.2) is 6.61 Å². The Hall–Kier alpha value is -1.96. The Kier molecular flexibility index (Phi) is 7.15. The fourth-order valence-electron chi connectivity index (χ4n) is 1.79. The van der Waals surface area contributed by atoms with Gasteiger partial charge in [0.2, 0.25) is 0 Å². The minimum Gasteiger partial charge on any atom is -0.484 e. The second-order valence-electron chi connectivity index (χ2n) is 5.06. The van der Waals surface area contributed by atoms with Gasteiger partial charge in [-0.2, -0.15) is 13.2 Å². The van der Waals surface area contributed by atoms with Crippen LogP contribution in [-0.4, -0.2) is 36.6 Å². The molecular weight excluding hydrogens is 313 g/mol. The zero-order chi connectivity index (χ0) is 17.5. The maximum atomic E-state index is 12.2. The first-order valence-corrected chi connectivity index (χ1v) is 7.25. The van der Waals surface area contributed by atoms with Crippen LogP contribution < -0.4 is 15.4 Å². The molecule has 0 saturated heterocycles. The molecule has 0 bridgehead atoms. The molecule has 1 unspecified atom stereocenters. The molecule has 0 spiro atoms. The summed E-state index contributed by atoms with van der Waals surface area (Å²) in [5.41, 5.74) is 0.763. The summed E-state index contributed by atoms with van der Waals surface area (Å²) in [6, 6.07) is 3.97. The fourth-order valence-corrected chi connectivity index (χ4v) is 1.79. The molecule has 1 rings (SSSR count). The van der Waals surface area contributed by atoms with Crippen LogP contribution in [-0.2, 0) is 0 Å². The Morgan fingerprint density at radius 2 is 2.09 bits per heavy atom. The smallest absolute Gasteiger partial charge is 0.422 e. The molecule has 8 heteroatoms. The topological polar surface area (TPSA) is 70.6 Å². The summed E-state index contributed by atoms with van der Waals surface area (Å²) in [6.07, 6.45) is -3.87. The predicted molar refractivity (Wildman–Crippen MR) is 80.7 cm³/mol. The summed E-state index contributed by atoms with van der Waals surface area (Å²) in [5.74, 6) is 0.0570. The highest BCUT2D eigenvalue weighted by Crippen LogP contribution is 2.27. The van der Waals surface area contributed by atoms with Crippen molar-refractivity contribution in [3.63, 3.8) is 0 Å². The Bertz CT molecular complexity index is 521. The van der Waals surface area contributed by atoms with Gasteiger partial charge in [0.25, 0.3) is 0 Å². The first-order valence-electron chi connectivity index (χ1n) is 7.25. The van der Waals surface area contributed by atoms with Crippen LogP contribution in [0.2, 0.25) is 0 Å². The molecule has 0 radical (unpaired) electrons. The van der Waals surface area contributed by atoms with E-state index in [1.807, 2.05) is 6.92 Å². The number of hydrogen-bond donors (Lipinski definition) is 3. The normalized spacial score (nSPS) is 12.6. The number of nitrogens with one attached hydrogen (secondary N) is 2. The molecule has 1 aromatic rings. The molecule has 2 amide bonds. The lowest BCUT2D eigenvalue weighted by Gasteiger charge is -2.15. The lowest BCUT2D eigenvalue weighted by Crippen LogP contribution is -2.31. The van der Waals surface area contributed by atoms with Crippen molar-refractivity contribution < 1.29 is 27.8 Å². The van der Waals surface area contributed by atoms with E-state index < -0.39 is 24.9 Å². The van der Waals surface area contributed by atoms with E-state index in [-0.39, 0.29) is 5.75 Å². The molecule has 130 valence electrons. The van der Waals surface area contributed by atoms with Crippen molar-refractivity contribution in [3.05, 3.63) is 23.8 Å². The molecule has 23 heavy (non-hydrogen) atoms. The van der Waals surface area contributed by atoms with Gasteiger partial charge in [-0.3, -0.25) is 0 Å². The summed E-state index contributed by atoms with van der Waals surface area (Å²) in [4.78, 5) is 11.7. The molecule has 1 aromatic carbocycles. The van der Waals surface area contributed by atoms with Crippen molar-refractivity contribution in [2.24, 2.45) is 0 Å². The lowest BCUT2D eigenvalue weighted by atomic mass is 10.2. The average molecular weight is 334 g/mol. The molecule has 1 atom stereocenters. The van der Waals surface area contributed by atoms with Crippen molar-refractivity contribution in [2.75, 3.05) is 18.5 Å². The summed E-state index contributed by atoms with van der Waals surface area (Å²) in [7, 11) is 0. The Labute approximate surface area is 132 Å². The standard InChI is InChI=1S/C15H21F3N2O3/c1-3-11(21)7-8-19-14(22)20-12-5-4-6-13(10(12)2)23-9-15(16,17)18/h4-6,11,21H,3,7-9H2,1-2H3,(H2,19,20,22). The fraction of sp³-hybridized carbons (Fsp3) is 0.533. The Morgan fingerprint density at radius 1 is 1.39 bits per heavy atom. The largest absolute Gasteiger partial charge is 0.484 e. The van der Waals surface area contributed by atoms with E-state index in [4.69, 9.17) is 4.74 Å². The summed E-state index contributed by atoms with van der Waals surface area (Å²) in [5, 5.41) is 14.5. The first-order chi connectivity index (χ1) is 10.7. The van der Waals surface area contributed by atoms with E-state index in [1.54, 1.807) is 13.0 Å². The highest BCUT2D eigenvalue weighted by molar-refractivity contribution is 5.90. The Morgan fingerprint density at radius 3 is 2.70 bits per heavy atom. The number of aliphatic hydroxyl groups excluding tert-OH is 1. The van der Waals surface area contributed by atoms with Gasteiger partial charge >= 0.3 is 12.2 Å². The van der Waals surface area contributed by atoms with Gasteiger partial charge in [0, 0.05) is 17.8 Å². The summed E-state index contributed by atoms with van der Waals surface area (Å²) >= 11 is 0. The Balaban J connectivity index is 2.58. The number of hydrogen-bond acceptors (Lipinski definition) is 3. The molecule has 5 nitrogen and oxygen atoms in total. The molecule has 0 aromatic heterocycles. The van der Waals surface area contributed by atoms with Crippen molar-refractivity contribution in [1.82, 2.24) is 5.32 Å². The number of aliphatic hydroxyl groups is 1. The number of carbonyl (C=O) groups is 1. The molecule has 3 N–H and O–H groups in total. The zero-order valence-electron chi connectivity index (χ0n) is 13.0. The van der Waals surface area contributed by atoms with Crippen molar-refractivity contribution in [1.29, 1.82) is 0 Å². The molecule has 0 saturated carbocycles. The zero-order valence-corrected chi connectivity index (χ0v) is 13.0. The van der Waals surface area contributed by atoms with Crippen LogP contribution in [0.15, 0.2) is 18.2 Å². The predicted octanol–water partition coefficient (Wildman–Crippen LogP) is 3.22. The minimum absolute atomic E-state index is 0.0570. The number of alkyl halides is 3. The number of ether oxygens (including phenoxy) is 1. The maximum Gasteiger partial charge on any atom is 0.422 e. The number of benzene rings is 1. The van der Waals surface area contributed by atoms with Crippen LogP contribution in [0.3, 0.4) is 0 Å². The highest BCUT2D eigenvalue weighted by atomic mass is 19.4. The van der Waals surface area contributed by atoms with E-state index >= 15 is 0 Å². The molecule has 0 heterocycles. The van der Waals surface area contributed by atoms with E-state index in [1.165, 1.54) is 12.1 Å². The molecule has 0 aliphatic carbocycles. The summed E-state index contributed by atoms with van der Waals surface area (Å²) in [6.45, 7) is 2.30. The van der Waals surface area contributed by atoms with Crippen molar-refractivity contribution >= 4 is 11.7 Å². The van der Waals surface area contributed by atoms with E-state index in [0.717, 1.165) is 0 Å². The molecule has 0 aliphatic rings. The third kappa shape index (κ3) is 7.23. The van der Waals surface area contributed by atoms with E-state index in [0.29, 0.717) is 30.6 Å². The number of halogens is 3. The second-order valence-corrected chi connectivity index (χ2v) is 5.06. The van der Waals surface area contributed by atoms with Gasteiger partial charge < -0.3 is 20.5 Å². The van der Waals surface area contributed by atoms with Gasteiger partial charge in [-0.05, 0) is 31.9 Å². The maximum absolute atomic E-state index is 12.2. The molecule has 0 fully saturated rings. The van der Waals surface area contributed by atoms with Gasteiger partial charge in [0.1, 0.15) is 5.75 Å². The quantitative estimate of drug-likeness (QED) is 0.717. The van der Waals surface area contributed by atoms with Gasteiger partial charge in [-0.15, -0.1) is 0 Å². The molecular formula is C15H21F3N2O3. The number of carbonyl (C=O) groups excluding carboxylic acids is 1. The number of urea groups is 1. The highest BCUT2D eigenvalue weighted by Gasteiger charge is 2.28. The SMILES string of the molecule is CCC(O)CCNC(=O)Nc1cccc(OCC(F)(F)F)c1C. The lowest BCUT2D eigenvalue weighted by molar-refractivity contribution is -0.153. The summed E-state index contributed by atoms with van der Waals surface area (Å²) < 4.78 is 41.3. The number of rotatable bonds is 7. The van der Waals surface area contributed by atoms with Crippen LogP contribution in [0, 0.1) is 6.92 Å². The third-order valence-corrected chi connectivity index (χ3v) is 3.16. The van der Waals surface area contributed by atoms with Crippen LogP contribution in [0.5, 0.6) is 5.75 Å². The first kappa shape index (κ1) is 19.1. The van der Waals surface area contributed by atoms with Gasteiger partial charge in [-0.25, -0.2) is 4.79 Å². The minimum atomic E-state index is -4.42. The van der Waals surface area contributed by atoms with Gasteiger partial charge in [-0.1, -0.05) is 13.0 Å². The monoisotopic (exact) mass is 334 g/mol. The van der Waals surface area contributed by atoms with Crippen molar-refractivity contribution in [3.8, 4) is 5.75 Å². The van der Waals surface area contributed by atoms with Crippen LogP contribution in [0.1, 0.15) is 25.3 Å². The third-order valence-electron chi connectivity index (χ3n) is 3.16. The van der Waals surface area contributed by atoms with E-state index in [2.05, 4.69) is 10.6 Å². The molecule has 0 aliphatic heterocycles. The van der Waals surface area contributed by atoms with Crippen LogP contribution in [0.4, 0.5) is 23.7 Å². The van der Waals surface area contributed by atoms with Gasteiger partial charge in [0.05, 0.1) is 6.10 Å². The van der Waals surface area contributed by atoms with Crippen molar-refractivity contribution in [2.45, 2.75) is 39.0 Å². The number of anilines is 1.